The average Bonchev–Trinajstić information content (AvgIpc) is 2.55. The first-order valence-corrected chi connectivity index (χ1v) is 7.55. The van der Waals surface area contributed by atoms with Gasteiger partial charge in [0.25, 0.3) is 5.91 Å². The first-order chi connectivity index (χ1) is 11.5. The highest BCUT2D eigenvalue weighted by molar-refractivity contribution is 5.97. The molecule has 2 aromatic carbocycles. The Morgan fingerprint density at radius 2 is 1.75 bits per heavy atom. The van der Waals surface area contributed by atoms with Gasteiger partial charge in [-0.05, 0) is 31.0 Å². The molecule has 4 nitrogen and oxygen atoms in total. The van der Waals surface area contributed by atoms with E-state index in [1.807, 2.05) is 18.2 Å². The van der Waals surface area contributed by atoms with Crippen LogP contribution in [0.25, 0.3) is 0 Å². The molecule has 0 bridgehead atoms. The fourth-order valence-corrected chi connectivity index (χ4v) is 2.36. The van der Waals surface area contributed by atoms with Crippen molar-refractivity contribution in [1.29, 1.82) is 0 Å². The Kier molecular flexibility index (Phi) is 6.26. The van der Waals surface area contributed by atoms with Crippen molar-refractivity contribution in [3.05, 3.63) is 65.7 Å². The molecule has 0 radical (unpaired) electrons. The van der Waals surface area contributed by atoms with Crippen molar-refractivity contribution in [3.63, 3.8) is 0 Å². The number of halogens is 2. The van der Waals surface area contributed by atoms with Gasteiger partial charge in [-0.15, -0.1) is 0 Å². The van der Waals surface area contributed by atoms with Crippen molar-refractivity contribution in [2.24, 2.45) is 0 Å². The van der Waals surface area contributed by atoms with Crippen LogP contribution in [0.2, 0.25) is 0 Å². The highest BCUT2D eigenvalue weighted by Crippen LogP contribution is 2.21. The van der Waals surface area contributed by atoms with Crippen LogP contribution in [0, 0.1) is 0 Å². The van der Waals surface area contributed by atoms with Crippen LogP contribution in [0.15, 0.2) is 54.6 Å². The molecule has 0 spiro atoms. The SMILES string of the molecule is CC(CC(O)c1ccccc1)NC(=O)c1ccccc1OC(F)F. The molecular formula is C18H19F2NO3. The number of amides is 1. The molecule has 1 amide bonds. The molecule has 24 heavy (non-hydrogen) atoms. The number of nitrogens with one attached hydrogen (secondary N) is 1. The second-order valence-electron chi connectivity index (χ2n) is 5.41. The lowest BCUT2D eigenvalue weighted by Gasteiger charge is -2.19. The van der Waals surface area contributed by atoms with Crippen LogP contribution in [0.4, 0.5) is 8.78 Å². The standard InChI is InChI=1S/C18H19F2NO3/c1-12(11-15(22)13-7-3-2-4-8-13)21-17(23)14-9-5-6-10-16(14)24-18(19)20/h2-10,12,15,18,22H,11H2,1H3,(H,21,23). The van der Waals surface area contributed by atoms with Gasteiger partial charge in [-0.1, -0.05) is 42.5 Å². The Labute approximate surface area is 139 Å². The van der Waals surface area contributed by atoms with Crippen LogP contribution in [0.1, 0.15) is 35.4 Å². The molecule has 2 unspecified atom stereocenters. The Morgan fingerprint density at radius 1 is 1.12 bits per heavy atom. The molecule has 0 fully saturated rings. The minimum absolute atomic E-state index is 0.0267. The van der Waals surface area contributed by atoms with Crippen molar-refractivity contribution >= 4 is 5.91 Å². The number of rotatable bonds is 7. The molecule has 2 N–H and O–H groups in total. The summed E-state index contributed by atoms with van der Waals surface area (Å²) in [7, 11) is 0. The molecule has 0 saturated heterocycles. The van der Waals surface area contributed by atoms with E-state index >= 15 is 0 Å². The summed E-state index contributed by atoms with van der Waals surface area (Å²) in [6, 6.07) is 14.5. The van der Waals surface area contributed by atoms with Gasteiger partial charge in [-0.3, -0.25) is 4.79 Å². The number of carbonyl (C=O) groups is 1. The Morgan fingerprint density at radius 3 is 2.42 bits per heavy atom. The smallest absolute Gasteiger partial charge is 0.387 e. The normalized spacial score (nSPS) is 13.4. The molecule has 128 valence electrons. The lowest BCUT2D eigenvalue weighted by Crippen LogP contribution is -2.34. The second-order valence-corrected chi connectivity index (χ2v) is 5.41. The van der Waals surface area contributed by atoms with E-state index in [4.69, 9.17) is 0 Å². The van der Waals surface area contributed by atoms with Crippen molar-refractivity contribution in [2.45, 2.75) is 32.1 Å². The van der Waals surface area contributed by atoms with E-state index in [0.29, 0.717) is 6.42 Å². The van der Waals surface area contributed by atoms with Crippen molar-refractivity contribution in [2.75, 3.05) is 0 Å². The van der Waals surface area contributed by atoms with Gasteiger partial charge in [-0.25, -0.2) is 0 Å². The highest BCUT2D eigenvalue weighted by atomic mass is 19.3. The van der Waals surface area contributed by atoms with E-state index in [1.165, 1.54) is 18.2 Å². The number of alkyl halides is 2. The topological polar surface area (TPSA) is 58.6 Å². The molecule has 0 aliphatic rings. The average molecular weight is 335 g/mol. The summed E-state index contributed by atoms with van der Waals surface area (Å²) in [5.41, 5.74) is 0.777. The molecule has 0 aliphatic carbocycles. The van der Waals surface area contributed by atoms with Crippen LogP contribution in [-0.4, -0.2) is 23.7 Å². The molecule has 0 aromatic heterocycles. The molecular weight excluding hydrogens is 316 g/mol. The van der Waals surface area contributed by atoms with Crippen molar-refractivity contribution < 1.29 is 23.4 Å². The quantitative estimate of drug-likeness (QED) is 0.814. The third-order valence-electron chi connectivity index (χ3n) is 3.49. The number of aliphatic hydroxyl groups excluding tert-OH is 1. The van der Waals surface area contributed by atoms with E-state index in [2.05, 4.69) is 10.1 Å². The summed E-state index contributed by atoms with van der Waals surface area (Å²) in [6.07, 6.45) is -0.428. The zero-order chi connectivity index (χ0) is 17.5. The molecule has 2 rings (SSSR count). The molecule has 2 aromatic rings. The van der Waals surface area contributed by atoms with E-state index in [9.17, 15) is 18.7 Å². The van der Waals surface area contributed by atoms with Crippen LogP contribution in [0.5, 0.6) is 5.75 Å². The van der Waals surface area contributed by atoms with Crippen molar-refractivity contribution in [3.8, 4) is 5.75 Å². The largest absolute Gasteiger partial charge is 0.434 e. The maximum Gasteiger partial charge on any atom is 0.387 e. The second kappa shape index (κ2) is 8.40. The Bertz CT molecular complexity index is 664. The maximum absolute atomic E-state index is 12.4. The van der Waals surface area contributed by atoms with E-state index in [-0.39, 0.29) is 17.4 Å². The van der Waals surface area contributed by atoms with Gasteiger partial charge in [0.05, 0.1) is 11.7 Å². The van der Waals surface area contributed by atoms with Crippen LogP contribution in [-0.2, 0) is 0 Å². The summed E-state index contributed by atoms with van der Waals surface area (Å²) in [4.78, 5) is 12.3. The number of ether oxygens (including phenoxy) is 1. The molecule has 0 aliphatic heterocycles. The highest BCUT2D eigenvalue weighted by Gasteiger charge is 2.19. The van der Waals surface area contributed by atoms with E-state index < -0.39 is 18.6 Å². The minimum Gasteiger partial charge on any atom is -0.434 e. The molecule has 0 heterocycles. The Balaban J connectivity index is 1.99. The third-order valence-corrected chi connectivity index (χ3v) is 3.49. The fraction of sp³-hybridized carbons (Fsp3) is 0.278. The van der Waals surface area contributed by atoms with Gasteiger partial charge >= 0.3 is 6.61 Å². The predicted molar refractivity (Wildman–Crippen MR) is 86.0 cm³/mol. The molecule has 0 saturated carbocycles. The van der Waals surface area contributed by atoms with Crippen LogP contribution >= 0.6 is 0 Å². The first-order valence-electron chi connectivity index (χ1n) is 7.55. The maximum atomic E-state index is 12.4. The number of benzene rings is 2. The zero-order valence-corrected chi connectivity index (χ0v) is 13.2. The number of hydrogen-bond donors (Lipinski definition) is 2. The number of aliphatic hydroxyl groups is 1. The van der Waals surface area contributed by atoms with Gasteiger partial charge in [0, 0.05) is 6.04 Å². The van der Waals surface area contributed by atoms with Gasteiger partial charge < -0.3 is 15.2 Å². The van der Waals surface area contributed by atoms with Gasteiger partial charge in [0.15, 0.2) is 0 Å². The minimum atomic E-state index is -3.00. The van der Waals surface area contributed by atoms with Crippen LogP contribution < -0.4 is 10.1 Å². The molecule has 2 atom stereocenters. The van der Waals surface area contributed by atoms with E-state index in [0.717, 1.165) is 5.56 Å². The summed E-state index contributed by atoms with van der Waals surface area (Å²) in [6.45, 7) is -1.27. The third kappa shape index (κ3) is 5.03. The zero-order valence-electron chi connectivity index (χ0n) is 13.2. The Hall–Kier alpha value is -2.47. The fourth-order valence-electron chi connectivity index (χ4n) is 2.36. The lowest BCUT2D eigenvalue weighted by molar-refractivity contribution is -0.0501. The summed E-state index contributed by atoms with van der Waals surface area (Å²) < 4.78 is 29.2. The number of carbonyl (C=O) groups excluding carboxylic acids is 1. The summed E-state index contributed by atoms with van der Waals surface area (Å²) in [5, 5.41) is 12.9. The first kappa shape index (κ1) is 17.9. The van der Waals surface area contributed by atoms with Gasteiger partial charge in [-0.2, -0.15) is 8.78 Å². The van der Waals surface area contributed by atoms with E-state index in [1.54, 1.807) is 25.1 Å². The number of hydrogen-bond acceptors (Lipinski definition) is 3. The monoisotopic (exact) mass is 335 g/mol. The molecule has 6 heteroatoms. The van der Waals surface area contributed by atoms with Gasteiger partial charge in [0.2, 0.25) is 0 Å². The van der Waals surface area contributed by atoms with Crippen molar-refractivity contribution in [1.82, 2.24) is 5.32 Å². The predicted octanol–water partition coefficient (Wildman–Crippen LogP) is 3.53. The van der Waals surface area contributed by atoms with Gasteiger partial charge in [0.1, 0.15) is 5.75 Å². The lowest BCUT2D eigenvalue weighted by atomic mass is 10.0. The summed E-state index contributed by atoms with van der Waals surface area (Å²) in [5.74, 6) is -0.709. The summed E-state index contributed by atoms with van der Waals surface area (Å²) >= 11 is 0. The number of para-hydroxylation sites is 1. The van der Waals surface area contributed by atoms with Crippen LogP contribution in [0.3, 0.4) is 0 Å².